The molecule has 2 rings (SSSR count). The summed E-state index contributed by atoms with van der Waals surface area (Å²) in [7, 11) is 0. The van der Waals surface area contributed by atoms with Crippen molar-refractivity contribution in [1.82, 2.24) is 5.32 Å². The van der Waals surface area contributed by atoms with E-state index >= 15 is 0 Å². The molecule has 5 nitrogen and oxygen atoms in total. The second-order valence-corrected chi connectivity index (χ2v) is 6.45. The summed E-state index contributed by atoms with van der Waals surface area (Å²) in [6.07, 6.45) is 0.999. The molecule has 0 aliphatic carbocycles. The molecule has 0 aliphatic heterocycles. The first kappa shape index (κ1) is 18.8. The van der Waals surface area contributed by atoms with Crippen LogP contribution in [0.2, 0.25) is 5.02 Å². The van der Waals surface area contributed by atoms with Gasteiger partial charge in [0.15, 0.2) is 0 Å². The van der Waals surface area contributed by atoms with Crippen molar-refractivity contribution in [2.24, 2.45) is 0 Å². The van der Waals surface area contributed by atoms with Crippen LogP contribution in [0.4, 0.5) is 16.2 Å². The summed E-state index contributed by atoms with van der Waals surface area (Å²) < 4.78 is 0. The Hall–Kier alpha value is -2.53. The fourth-order valence-corrected chi connectivity index (χ4v) is 2.45. The molecule has 0 aliphatic rings. The lowest BCUT2D eigenvalue weighted by Crippen LogP contribution is -2.34. The van der Waals surface area contributed by atoms with Crippen molar-refractivity contribution in [2.75, 3.05) is 10.6 Å². The fraction of sp³-hybridized carbons (Fsp3) is 0.263. The highest BCUT2D eigenvalue weighted by atomic mass is 35.5. The van der Waals surface area contributed by atoms with Crippen LogP contribution in [0, 0.1) is 0 Å². The van der Waals surface area contributed by atoms with Crippen LogP contribution in [0.15, 0.2) is 48.5 Å². The van der Waals surface area contributed by atoms with Crippen molar-refractivity contribution in [3.8, 4) is 0 Å². The number of urea groups is 1. The number of aryl methyl sites for hydroxylation is 1. The Morgan fingerprint density at radius 3 is 2.24 bits per heavy atom. The quantitative estimate of drug-likeness (QED) is 0.713. The van der Waals surface area contributed by atoms with Gasteiger partial charge < -0.3 is 16.0 Å². The second kappa shape index (κ2) is 9.08. The Labute approximate surface area is 152 Å². The molecule has 0 saturated heterocycles. The number of halogens is 1. The summed E-state index contributed by atoms with van der Waals surface area (Å²) in [5.41, 5.74) is 2.37. The first-order chi connectivity index (χ1) is 11.9. The molecule has 0 aromatic heterocycles. The maximum atomic E-state index is 12.0. The summed E-state index contributed by atoms with van der Waals surface area (Å²) in [4.78, 5) is 23.7. The van der Waals surface area contributed by atoms with E-state index in [1.54, 1.807) is 24.3 Å². The highest BCUT2D eigenvalue weighted by molar-refractivity contribution is 6.30. The number of hydrogen-bond donors (Lipinski definition) is 3. The van der Waals surface area contributed by atoms with Gasteiger partial charge in [-0.2, -0.15) is 0 Å². The van der Waals surface area contributed by atoms with Crippen LogP contribution in [0.3, 0.4) is 0 Å². The highest BCUT2D eigenvalue weighted by Gasteiger charge is 2.06. The SMILES string of the molecule is CC(C)NC(=O)Nc1ccc(NC(=O)CCc2cccc(Cl)c2)cc1. The normalized spacial score (nSPS) is 10.4. The predicted octanol–water partition coefficient (Wildman–Crippen LogP) is 4.44. The highest BCUT2D eigenvalue weighted by Crippen LogP contribution is 2.15. The maximum Gasteiger partial charge on any atom is 0.319 e. The molecule has 2 aromatic carbocycles. The smallest absolute Gasteiger partial charge is 0.319 e. The Morgan fingerprint density at radius 2 is 1.64 bits per heavy atom. The van der Waals surface area contributed by atoms with Crippen molar-refractivity contribution >= 4 is 34.9 Å². The Bertz CT molecular complexity index is 730. The molecule has 0 spiro atoms. The monoisotopic (exact) mass is 359 g/mol. The van der Waals surface area contributed by atoms with E-state index in [-0.39, 0.29) is 18.0 Å². The zero-order valence-electron chi connectivity index (χ0n) is 14.3. The van der Waals surface area contributed by atoms with E-state index in [1.807, 2.05) is 38.1 Å². The summed E-state index contributed by atoms with van der Waals surface area (Å²) >= 11 is 5.93. The molecular formula is C19H22ClN3O2. The summed E-state index contributed by atoms with van der Waals surface area (Å²) in [6, 6.07) is 14.3. The number of hydrogen-bond acceptors (Lipinski definition) is 2. The van der Waals surface area contributed by atoms with E-state index in [0.717, 1.165) is 5.56 Å². The number of rotatable bonds is 6. The zero-order valence-corrected chi connectivity index (χ0v) is 15.1. The molecule has 0 radical (unpaired) electrons. The van der Waals surface area contributed by atoms with E-state index in [0.29, 0.717) is 29.2 Å². The minimum Gasteiger partial charge on any atom is -0.336 e. The van der Waals surface area contributed by atoms with Crippen LogP contribution in [-0.4, -0.2) is 18.0 Å². The van der Waals surface area contributed by atoms with Crippen molar-refractivity contribution < 1.29 is 9.59 Å². The lowest BCUT2D eigenvalue weighted by Gasteiger charge is -2.11. The molecule has 132 valence electrons. The van der Waals surface area contributed by atoms with E-state index in [2.05, 4.69) is 16.0 Å². The van der Waals surface area contributed by atoms with Gasteiger partial charge in [-0.25, -0.2) is 4.79 Å². The third-order valence-electron chi connectivity index (χ3n) is 3.38. The van der Waals surface area contributed by atoms with Gasteiger partial charge in [0.25, 0.3) is 0 Å². The third-order valence-corrected chi connectivity index (χ3v) is 3.61. The first-order valence-electron chi connectivity index (χ1n) is 8.14. The largest absolute Gasteiger partial charge is 0.336 e. The molecular weight excluding hydrogens is 338 g/mol. The van der Waals surface area contributed by atoms with Gasteiger partial charge in [0.1, 0.15) is 0 Å². The Morgan fingerprint density at radius 1 is 1.00 bits per heavy atom. The third kappa shape index (κ3) is 6.85. The van der Waals surface area contributed by atoms with Crippen LogP contribution in [-0.2, 0) is 11.2 Å². The molecule has 2 aromatic rings. The average molecular weight is 360 g/mol. The minimum absolute atomic E-state index is 0.0676. The number of benzene rings is 2. The van der Waals surface area contributed by atoms with Crippen LogP contribution in [0.25, 0.3) is 0 Å². The van der Waals surface area contributed by atoms with Crippen LogP contribution in [0.5, 0.6) is 0 Å². The van der Waals surface area contributed by atoms with Gasteiger partial charge in [0, 0.05) is 28.9 Å². The molecule has 0 saturated carbocycles. The number of nitrogens with one attached hydrogen (secondary N) is 3. The Balaban J connectivity index is 1.82. The molecule has 0 heterocycles. The topological polar surface area (TPSA) is 70.2 Å². The minimum atomic E-state index is -0.256. The molecule has 0 bridgehead atoms. The summed E-state index contributed by atoms with van der Waals surface area (Å²) in [5.74, 6) is -0.0711. The first-order valence-corrected chi connectivity index (χ1v) is 8.52. The van der Waals surface area contributed by atoms with E-state index < -0.39 is 0 Å². The van der Waals surface area contributed by atoms with Crippen molar-refractivity contribution in [3.63, 3.8) is 0 Å². The molecule has 0 unspecified atom stereocenters. The van der Waals surface area contributed by atoms with Crippen LogP contribution < -0.4 is 16.0 Å². The fourth-order valence-electron chi connectivity index (χ4n) is 2.24. The van der Waals surface area contributed by atoms with Crippen molar-refractivity contribution in [2.45, 2.75) is 32.7 Å². The molecule has 0 fully saturated rings. The van der Waals surface area contributed by atoms with Gasteiger partial charge in [-0.3, -0.25) is 4.79 Å². The summed E-state index contributed by atoms with van der Waals surface area (Å²) in [6.45, 7) is 3.78. The Kier molecular flexibility index (Phi) is 6.83. The van der Waals surface area contributed by atoms with Gasteiger partial charge >= 0.3 is 6.03 Å². The van der Waals surface area contributed by atoms with Gasteiger partial charge in [-0.05, 0) is 62.2 Å². The average Bonchev–Trinajstić information content (AvgIpc) is 2.54. The lowest BCUT2D eigenvalue weighted by atomic mass is 10.1. The molecule has 3 N–H and O–H groups in total. The van der Waals surface area contributed by atoms with Gasteiger partial charge in [-0.15, -0.1) is 0 Å². The van der Waals surface area contributed by atoms with E-state index in [4.69, 9.17) is 11.6 Å². The van der Waals surface area contributed by atoms with Crippen molar-refractivity contribution in [1.29, 1.82) is 0 Å². The molecule has 0 atom stereocenters. The lowest BCUT2D eigenvalue weighted by molar-refractivity contribution is -0.116. The number of carbonyl (C=O) groups excluding carboxylic acids is 2. The number of anilines is 2. The van der Waals surface area contributed by atoms with E-state index in [9.17, 15) is 9.59 Å². The number of carbonyl (C=O) groups is 2. The second-order valence-electron chi connectivity index (χ2n) is 6.01. The van der Waals surface area contributed by atoms with Gasteiger partial charge in [0.2, 0.25) is 5.91 Å². The maximum absolute atomic E-state index is 12.0. The summed E-state index contributed by atoms with van der Waals surface area (Å²) in [5, 5.41) is 8.98. The van der Waals surface area contributed by atoms with Crippen LogP contribution >= 0.6 is 11.6 Å². The van der Waals surface area contributed by atoms with Crippen molar-refractivity contribution in [3.05, 3.63) is 59.1 Å². The van der Waals surface area contributed by atoms with Crippen LogP contribution in [0.1, 0.15) is 25.8 Å². The zero-order chi connectivity index (χ0) is 18.2. The number of amides is 3. The molecule has 3 amide bonds. The van der Waals surface area contributed by atoms with Gasteiger partial charge in [-0.1, -0.05) is 23.7 Å². The molecule has 6 heteroatoms. The predicted molar refractivity (Wildman–Crippen MR) is 102 cm³/mol. The van der Waals surface area contributed by atoms with E-state index in [1.165, 1.54) is 0 Å². The molecule has 25 heavy (non-hydrogen) atoms. The van der Waals surface area contributed by atoms with Gasteiger partial charge in [0.05, 0.1) is 0 Å². The standard InChI is InChI=1S/C19H22ClN3O2/c1-13(2)21-19(25)23-17-9-7-16(8-10-17)22-18(24)11-6-14-4-3-5-15(20)12-14/h3-5,7-10,12-13H,6,11H2,1-2H3,(H,22,24)(H2,21,23,25).